The van der Waals surface area contributed by atoms with Crippen LogP contribution in [0.25, 0.3) is 5.69 Å². The summed E-state index contributed by atoms with van der Waals surface area (Å²) in [5.74, 6) is -1.01. The topological polar surface area (TPSA) is 85.0 Å². The number of halogens is 5. The molecule has 0 radical (unpaired) electrons. The quantitative estimate of drug-likeness (QED) is 0.352. The van der Waals surface area contributed by atoms with E-state index in [1.165, 1.54) is 42.1 Å². The number of aliphatic hydroxyl groups is 1. The minimum Gasteiger partial charge on any atom is -0.396 e. The van der Waals surface area contributed by atoms with Gasteiger partial charge in [0.15, 0.2) is 5.69 Å². The fourth-order valence-electron chi connectivity index (χ4n) is 3.39. The molecule has 0 fully saturated rings. The van der Waals surface area contributed by atoms with Crippen molar-refractivity contribution in [2.24, 2.45) is 0 Å². The van der Waals surface area contributed by atoms with E-state index in [4.69, 9.17) is 16.7 Å². The van der Waals surface area contributed by atoms with E-state index in [0.29, 0.717) is 29.9 Å². The van der Waals surface area contributed by atoms with Crippen LogP contribution in [0.3, 0.4) is 0 Å². The number of benzene rings is 1. The van der Waals surface area contributed by atoms with E-state index in [1.54, 1.807) is 6.92 Å². The van der Waals surface area contributed by atoms with Crippen molar-refractivity contribution in [3.8, 4) is 5.69 Å². The van der Waals surface area contributed by atoms with Crippen LogP contribution in [0.2, 0.25) is 5.02 Å². The number of aliphatic hydroxyl groups excluding tert-OH is 1. The van der Waals surface area contributed by atoms with Gasteiger partial charge in [-0.25, -0.2) is 9.07 Å². The average molecular weight is 488 g/mol. The van der Waals surface area contributed by atoms with Gasteiger partial charge in [0.05, 0.1) is 34.0 Å². The van der Waals surface area contributed by atoms with Gasteiger partial charge >= 0.3 is 6.18 Å². The van der Waals surface area contributed by atoms with Crippen LogP contribution in [0.15, 0.2) is 30.5 Å². The highest BCUT2D eigenvalue weighted by Gasteiger charge is 2.39. The molecule has 3 rings (SSSR count). The Labute approximate surface area is 192 Å². The van der Waals surface area contributed by atoms with Crippen LogP contribution < -0.4 is 5.32 Å². The van der Waals surface area contributed by atoms with Crippen LogP contribution in [-0.2, 0) is 11.0 Å². The molecule has 0 saturated heterocycles. The number of hydrogen-bond acceptors (Lipinski definition) is 4. The molecule has 0 aliphatic carbocycles. The maximum atomic E-state index is 13.3. The molecule has 0 bridgehead atoms. The molecule has 2 heterocycles. The van der Waals surface area contributed by atoms with Crippen molar-refractivity contribution >= 4 is 23.2 Å². The summed E-state index contributed by atoms with van der Waals surface area (Å²) in [5.41, 5.74) is 0.186. The van der Waals surface area contributed by atoms with Crippen molar-refractivity contribution in [3.05, 3.63) is 58.4 Å². The Balaban J connectivity index is 1.90. The summed E-state index contributed by atoms with van der Waals surface area (Å²) in [4.78, 5) is 13.1. The number of alkyl halides is 3. The molecular weight excluding hydrogens is 466 g/mol. The molecule has 2 aromatic heterocycles. The second-order valence-corrected chi connectivity index (χ2v) is 7.82. The number of carbonyl (C=O) groups is 1. The van der Waals surface area contributed by atoms with E-state index in [1.807, 2.05) is 0 Å². The molecule has 3 aromatic rings. The number of amides is 1. The Morgan fingerprint density at radius 3 is 2.42 bits per heavy atom. The van der Waals surface area contributed by atoms with Gasteiger partial charge in [-0.05, 0) is 57.4 Å². The molecule has 178 valence electrons. The van der Waals surface area contributed by atoms with Crippen molar-refractivity contribution in [1.29, 1.82) is 0 Å². The second kappa shape index (κ2) is 9.92. The monoisotopic (exact) mass is 487 g/mol. The predicted molar refractivity (Wildman–Crippen MR) is 114 cm³/mol. The highest BCUT2D eigenvalue weighted by Crippen LogP contribution is 2.37. The van der Waals surface area contributed by atoms with Crippen LogP contribution in [0, 0.1) is 19.7 Å². The zero-order chi connectivity index (χ0) is 24.3. The van der Waals surface area contributed by atoms with E-state index >= 15 is 0 Å². The number of carbonyl (C=O) groups excluding carboxylic acids is 1. The van der Waals surface area contributed by atoms with Gasteiger partial charge in [0, 0.05) is 6.61 Å². The van der Waals surface area contributed by atoms with E-state index in [0.717, 1.165) is 4.68 Å². The van der Waals surface area contributed by atoms with Crippen LogP contribution in [0.4, 0.5) is 23.2 Å². The number of unbranched alkanes of at least 4 members (excludes halogenated alkanes) is 1. The minimum atomic E-state index is -4.77. The standard InChI is InChI=1S/C21H22ClF4N5O2/c1-12-16(11-27-30(12)15-8-6-14(23)7-9-15)28-20(33)17(5-3-4-10-32)31-13(2)18(22)19(29-31)21(24,25)26/h6-9,11,17,32H,3-5,10H2,1-2H3,(H,28,33). The Bertz CT molecular complexity index is 1130. The van der Waals surface area contributed by atoms with Gasteiger partial charge in [0.25, 0.3) is 0 Å². The van der Waals surface area contributed by atoms with E-state index in [-0.39, 0.29) is 18.7 Å². The fourth-order valence-corrected chi connectivity index (χ4v) is 3.62. The van der Waals surface area contributed by atoms with Crippen molar-refractivity contribution in [2.45, 2.75) is 45.3 Å². The number of aromatic nitrogens is 4. The molecule has 1 atom stereocenters. The minimum absolute atomic E-state index is 0.00636. The van der Waals surface area contributed by atoms with Crippen LogP contribution in [-0.4, -0.2) is 37.2 Å². The highest BCUT2D eigenvalue weighted by atomic mass is 35.5. The van der Waals surface area contributed by atoms with Gasteiger partial charge in [-0.2, -0.15) is 23.4 Å². The molecule has 0 aliphatic heterocycles. The van der Waals surface area contributed by atoms with Crippen LogP contribution in [0.5, 0.6) is 0 Å². The summed E-state index contributed by atoms with van der Waals surface area (Å²) < 4.78 is 55.5. The fraction of sp³-hybridized carbons (Fsp3) is 0.381. The number of nitrogens with zero attached hydrogens (tertiary/aromatic N) is 4. The summed E-state index contributed by atoms with van der Waals surface area (Å²) in [5, 5.41) is 19.0. The van der Waals surface area contributed by atoms with Crippen molar-refractivity contribution in [2.75, 3.05) is 11.9 Å². The zero-order valence-electron chi connectivity index (χ0n) is 17.8. The molecule has 0 spiro atoms. The van der Waals surface area contributed by atoms with Gasteiger partial charge in [-0.3, -0.25) is 9.48 Å². The highest BCUT2D eigenvalue weighted by molar-refractivity contribution is 6.32. The molecule has 33 heavy (non-hydrogen) atoms. The first-order valence-electron chi connectivity index (χ1n) is 10.1. The SMILES string of the molecule is Cc1c(NC(=O)C(CCCCO)n2nc(C(F)(F)F)c(Cl)c2C)cnn1-c1ccc(F)cc1. The van der Waals surface area contributed by atoms with Gasteiger partial charge in [0.2, 0.25) is 5.91 Å². The maximum absolute atomic E-state index is 13.3. The average Bonchev–Trinajstić information content (AvgIpc) is 3.26. The van der Waals surface area contributed by atoms with E-state index in [2.05, 4.69) is 15.5 Å². The molecule has 0 aliphatic rings. The van der Waals surface area contributed by atoms with Gasteiger partial charge < -0.3 is 10.4 Å². The largest absolute Gasteiger partial charge is 0.436 e. The summed E-state index contributed by atoms with van der Waals surface area (Å²) in [6.45, 7) is 2.92. The van der Waals surface area contributed by atoms with E-state index < -0.39 is 34.7 Å². The Morgan fingerprint density at radius 2 is 1.85 bits per heavy atom. The number of rotatable bonds is 8. The molecule has 1 aromatic carbocycles. The molecule has 12 heteroatoms. The normalized spacial score (nSPS) is 12.7. The first-order chi connectivity index (χ1) is 15.5. The van der Waals surface area contributed by atoms with Gasteiger partial charge in [-0.15, -0.1) is 0 Å². The summed E-state index contributed by atoms with van der Waals surface area (Å²) in [6.07, 6.45) is -2.50. The van der Waals surface area contributed by atoms with E-state index in [9.17, 15) is 22.4 Å². The third-order valence-corrected chi connectivity index (χ3v) is 5.62. The van der Waals surface area contributed by atoms with Crippen LogP contribution in [0.1, 0.15) is 42.4 Å². The summed E-state index contributed by atoms with van der Waals surface area (Å²) in [6, 6.07) is 4.49. The van der Waals surface area contributed by atoms with Crippen molar-refractivity contribution in [3.63, 3.8) is 0 Å². The number of anilines is 1. The van der Waals surface area contributed by atoms with Crippen LogP contribution >= 0.6 is 11.6 Å². The van der Waals surface area contributed by atoms with Gasteiger partial charge in [0.1, 0.15) is 11.9 Å². The molecule has 0 saturated carbocycles. The molecule has 7 nitrogen and oxygen atoms in total. The Kier molecular flexibility index (Phi) is 7.43. The lowest BCUT2D eigenvalue weighted by Gasteiger charge is -2.19. The number of hydrogen-bond donors (Lipinski definition) is 2. The third-order valence-electron chi connectivity index (χ3n) is 5.17. The molecular formula is C21H22ClF4N5O2. The molecule has 1 amide bonds. The predicted octanol–water partition coefficient (Wildman–Crippen LogP) is 4.84. The van der Waals surface area contributed by atoms with Crippen molar-refractivity contribution < 1.29 is 27.5 Å². The molecule has 1 unspecified atom stereocenters. The second-order valence-electron chi connectivity index (χ2n) is 7.45. The lowest BCUT2D eigenvalue weighted by Crippen LogP contribution is -2.28. The Morgan fingerprint density at radius 1 is 1.18 bits per heavy atom. The first-order valence-corrected chi connectivity index (χ1v) is 10.5. The Hall–Kier alpha value is -2.92. The zero-order valence-corrected chi connectivity index (χ0v) is 18.6. The summed E-state index contributed by atoms with van der Waals surface area (Å²) >= 11 is 5.86. The lowest BCUT2D eigenvalue weighted by molar-refractivity contribution is -0.141. The number of nitrogens with one attached hydrogen (secondary N) is 1. The first kappa shape index (κ1) is 24.7. The smallest absolute Gasteiger partial charge is 0.396 e. The maximum Gasteiger partial charge on any atom is 0.436 e. The lowest BCUT2D eigenvalue weighted by atomic mass is 10.1. The van der Waals surface area contributed by atoms with Gasteiger partial charge in [-0.1, -0.05) is 11.6 Å². The molecule has 2 N–H and O–H groups in total. The third kappa shape index (κ3) is 5.36. The van der Waals surface area contributed by atoms with Crippen molar-refractivity contribution in [1.82, 2.24) is 19.6 Å². The summed E-state index contributed by atoms with van der Waals surface area (Å²) in [7, 11) is 0.